The molecule has 15 heavy (non-hydrogen) atoms. The summed E-state index contributed by atoms with van der Waals surface area (Å²) in [6.45, 7) is 12.9. The van der Waals surface area contributed by atoms with Crippen molar-refractivity contribution in [2.75, 3.05) is 0 Å². The van der Waals surface area contributed by atoms with Crippen molar-refractivity contribution in [3.63, 3.8) is 0 Å². The highest BCUT2D eigenvalue weighted by atomic mass is 14.7. The predicted molar refractivity (Wildman–Crippen MR) is 68.4 cm³/mol. The third kappa shape index (κ3) is 5.56. The van der Waals surface area contributed by atoms with Crippen LogP contribution in [0, 0.1) is 13.8 Å². The number of hydrogen-bond donors (Lipinski definition) is 0. The van der Waals surface area contributed by atoms with Gasteiger partial charge in [-0.15, -0.1) is 0 Å². The smallest absolute Gasteiger partial charge is 0.0458 e. The SMILES string of the molecule is CCCC.Cc1cnc(C(C)C)c(C)c1. The molecule has 1 heterocycles. The standard InChI is InChI=1S/C10H15N.C4H10/c1-7(2)10-9(4)5-8(3)6-11-10;1-3-4-2/h5-7H,1-4H3;3-4H2,1-2H3. The van der Waals surface area contributed by atoms with Crippen molar-refractivity contribution in [3.8, 4) is 0 Å². The topological polar surface area (TPSA) is 12.9 Å². The van der Waals surface area contributed by atoms with Crippen molar-refractivity contribution in [1.82, 2.24) is 4.98 Å². The summed E-state index contributed by atoms with van der Waals surface area (Å²) in [4.78, 5) is 4.38. The molecule has 0 spiro atoms. The summed E-state index contributed by atoms with van der Waals surface area (Å²) in [7, 11) is 0. The first kappa shape index (κ1) is 14.2. The molecule has 0 atom stereocenters. The lowest BCUT2D eigenvalue weighted by Crippen LogP contribution is -1.96. The summed E-state index contributed by atoms with van der Waals surface area (Å²) in [6.07, 6.45) is 4.57. The van der Waals surface area contributed by atoms with Gasteiger partial charge in [-0.05, 0) is 30.9 Å². The number of aryl methyl sites for hydroxylation is 2. The predicted octanol–water partition coefficient (Wildman–Crippen LogP) is 4.63. The summed E-state index contributed by atoms with van der Waals surface area (Å²) in [6, 6.07) is 2.18. The van der Waals surface area contributed by atoms with Gasteiger partial charge in [-0.3, -0.25) is 4.98 Å². The quantitative estimate of drug-likeness (QED) is 0.689. The Kier molecular flexibility index (Phi) is 7.02. The summed E-state index contributed by atoms with van der Waals surface area (Å²) in [5.74, 6) is 0.538. The maximum absolute atomic E-state index is 4.38. The fourth-order valence-electron chi connectivity index (χ4n) is 1.33. The van der Waals surface area contributed by atoms with Crippen LogP contribution in [0.25, 0.3) is 0 Å². The Bertz CT molecular complexity index is 275. The number of nitrogens with zero attached hydrogens (tertiary/aromatic N) is 1. The molecule has 0 aromatic carbocycles. The minimum absolute atomic E-state index is 0.538. The second-order valence-corrected chi connectivity index (χ2v) is 4.37. The zero-order chi connectivity index (χ0) is 11.8. The molecule has 0 saturated carbocycles. The molecule has 0 amide bonds. The van der Waals surface area contributed by atoms with Crippen LogP contribution >= 0.6 is 0 Å². The van der Waals surface area contributed by atoms with Gasteiger partial charge in [0.05, 0.1) is 0 Å². The highest BCUT2D eigenvalue weighted by molar-refractivity contribution is 5.24. The maximum Gasteiger partial charge on any atom is 0.0458 e. The van der Waals surface area contributed by atoms with Gasteiger partial charge in [0.2, 0.25) is 0 Å². The molecule has 1 aromatic heterocycles. The molecule has 1 heteroatoms. The molecule has 1 aromatic rings. The monoisotopic (exact) mass is 207 g/mol. The maximum atomic E-state index is 4.38. The first-order valence-electron chi connectivity index (χ1n) is 5.96. The van der Waals surface area contributed by atoms with E-state index in [1.54, 1.807) is 0 Å². The molecule has 0 fully saturated rings. The average molecular weight is 207 g/mol. The molecule has 0 saturated heterocycles. The van der Waals surface area contributed by atoms with Gasteiger partial charge >= 0.3 is 0 Å². The zero-order valence-electron chi connectivity index (χ0n) is 11.1. The number of hydrogen-bond acceptors (Lipinski definition) is 1. The largest absolute Gasteiger partial charge is 0.260 e. The van der Waals surface area contributed by atoms with Gasteiger partial charge < -0.3 is 0 Å². The van der Waals surface area contributed by atoms with Gasteiger partial charge in [-0.25, -0.2) is 0 Å². The summed E-state index contributed by atoms with van der Waals surface area (Å²) in [5.41, 5.74) is 3.77. The Morgan fingerprint density at radius 3 is 2.00 bits per heavy atom. The Hall–Kier alpha value is -0.850. The third-order valence-electron chi connectivity index (χ3n) is 2.30. The Labute approximate surface area is 94.9 Å². The van der Waals surface area contributed by atoms with Crippen molar-refractivity contribution in [3.05, 3.63) is 29.1 Å². The van der Waals surface area contributed by atoms with Crippen LogP contribution in [0.3, 0.4) is 0 Å². The number of pyridine rings is 1. The number of aromatic nitrogens is 1. The second-order valence-electron chi connectivity index (χ2n) is 4.37. The van der Waals surface area contributed by atoms with E-state index in [1.807, 2.05) is 6.20 Å². The van der Waals surface area contributed by atoms with Crippen LogP contribution in [0.5, 0.6) is 0 Å². The van der Waals surface area contributed by atoms with E-state index in [2.05, 4.69) is 52.6 Å². The average Bonchev–Trinajstić information content (AvgIpc) is 2.17. The van der Waals surface area contributed by atoms with E-state index >= 15 is 0 Å². The van der Waals surface area contributed by atoms with E-state index in [9.17, 15) is 0 Å². The van der Waals surface area contributed by atoms with Crippen LogP contribution in [0.15, 0.2) is 12.3 Å². The van der Waals surface area contributed by atoms with Gasteiger partial charge in [-0.1, -0.05) is 46.6 Å². The van der Waals surface area contributed by atoms with Crippen LogP contribution in [-0.2, 0) is 0 Å². The summed E-state index contributed by atoms with van der Waals surface area (Å²) in [5, 5.41) is 0. The first-order chi connectivity index (χ1) is 7.02. The molecule has 1 nitrogen and oxygen atoms in total. The van der Waals surface area contributed by atoms with Crippen molar-refractivity contribution < 1.29 is 0 Å². The molecule has 0 aliphatic rings. The third-order valence-corrected chi connectivity index (χ3v) is 2.30. The second kappa shape index (κ2) is 7.44. The Balaban J connectivity index is 0.000000423. The molecule has 0 aliphatic heterocycles. The van der Waals surface area contributed by atoms with Gasteiger partial charge in [0.25, 0.3) is 0 Å². The lowest BCUT2D eigenvalue weighted by atomic mass is 10.0. The van der Waals surface area contributed by atoms with Crippen molar-refractivity contribution >= 4 is 0 Å². The lowest BCUT2D eigenvalue weighted by molar-refractivity contribution is 0.809. The molecule has 0 radical (unpaired) electrons. The fraction of sp³-hybridized carbons (Fsp3) is 0.643. The molecular formula is C14H25N. The molecule has 0 bridgehead atoms. The van der Waals surface area contributed by atoms with Crippen molar-refractivity contribution in [1.29, 1.82) is 0 Å². The Morgan fingerprint density at radius 2 is 1.67 bits per heavy atom. The summed E-state index contributed by atoms with van der Waals surface area (Å²) < 4.78 is 0. The van der Waals surface area contributed by atoms with Crippen LogP contribution in [0.4, 0.5) is 0 Å². The van der Waals surface area contributed by atoms with E-state index in [0.29, 0.717) is 5.92 Å². The van der Waals surface area contributed by atoms with E-state index in [4.69, 9.17) is 0 Å². The first-order valence-corrected chi connectivity index (χ1v) is 5.96. The van der Waals surface area contributed by atoms with Crippen molar-refractivity contribution in [2.24, 2.45) is 0 Å². The van der Waals surface area contributed by atoms with E-state index < -0.39 is 0 Å². The molecule has 0 N–H and O–H groups in total. The van der Waals surface area contributed by atoms with Gasteiger partial charge in [0, 0.05) is 11.9 Å². The van der Waals surface area contributed by atoms with E-state index in [-0.39, 0.29) is 0 Å². The molecule has 0 aliphatic carbocycles. The van der Waals surface area contributed by atoms with Crippen LogP contribution in [-0.4, -0.2) is 4.98 Å². The zero-order valence-corrected chi connectivity index (χ0v) is 11.1. The molecule has 86 valence electrons. The molecule has 1 rings (SSSR count). The molecular weight excluding hydrogens is 182 g/mol. The number of rotatable bonds is 2. The highest BCUT2D eigenvalue weighted by Gasteiger charge is 2.03. The molecule has 0 unspecified atom stereocenters. The normalized spacial score (nSPS) is 9.80. The van der Waals surface area contributed by atoms with Gasteiger partial charge in [-0.2, -0.15) is 0 Å². The Morgan fingerprint density at radius 1 is 1.13 bits per heavy atom. The van der Waals surface area contributed by atoms with E-state index in [0.717, 1.165) is 0 Å². The minimum Gasteiger partial charge on any atom is -0.260 e. The van der Waals surface area contributed by atoms with E-state index in [1.165, 1.54) is 29.7 Å². The summed E-state index contributed by atoms with van der Waals surface area (Å²) >= 11 is 0. The van der Waals surface area contributed by atoms with Crippen LogP contribution in [0.2, 0.25) is 0 Å². The minimum atomic E-state index is 0.538. The highest BCUT2D eigenvalue weighted by Crippen LogP contribution is 2.16. The number of unbranched alkanes of at least 4 members (excludes halogenated alkanes) is 1. The van der Waals surface area contributed by atoms with Gasteiger partial charge in [0.15, 0.2) is 0 Å². The lowest BCUT2D eigenvalue weighted by Gasteiger charge is -2.07. The fourth-order valence-corrected chi connectivity index (χ4v) is 1.33. The van der Waals surface area contributed by atoms with Crippen LogP contribution in [0.1, 0.15) is 63.3 Å². The van der Waals surface area contributed by atoms with Gasteiger partial charge in [0.1, 0.15) is 0 Å². The van der Waals surface area contributed by atoms with Crippen LogP contribution < -0.4 is 0 Å². The van der Waals surface area contributed by atoms with Crippen molar-refractivity contribution in [2.45, 2.75) is 60.3 Å².